The van der Waals surface area contributed by atoms with Crippen molar-refractivity contribution in [3.05, 3.63) is 29.6 Å². The first-order chi connectivity index (χ1) is 7.60. The molecule has 0 spiro atoms. The third kappa shape index (κ3) is 2.98. The normalized spacial score (nSPS) is 10.2. The Labute approximate surface area is 101 Å². The lowest BCUT2D eigenvalue weighted by atomic mass is 10.2. The van der Waals surface area contributed by atoms with Crippen LogP contribution in [0, 0.1) is 5.82 Å². The summed E-state index contributed by atoms with van der Waals surface area (Å²) in [5.74, 6) is -0.755. The van der Waals surface area contributed by atoms with Gasteiger partial charge in [-0.1, -0.05) is 6.92 Å². The minimum absolute atomic E-state index is 0.0998. The number of halogens is 1. The summed E-state index contributed by atoms with van der Waals surface area (Å²) >= 11 is 4.11. The zero-order valence-electron chi connectivity index (χ0n) is 9.53. The Kier molecular flexibility index (Phi) is 4.80. The van der Waals surface area contributed by atoms with Crippen molar-refractivity contribution in [3.63, 3.8) is 0 Å². The maximum Gasteiger partial charge on any atom is 0.256 e. The van der Waals surface area contributed by atoms with Crippen LogP contribution in [0.4, 0.5) is 4.39 Å². The molecule has 0 saturated carbocycles. The van der Waals surface area contributed by atoms with Gasteiger partial charge in [0.1, 0.15) is 5.82 Å². The summed E-state index contributed by atoms with van der Waals surface area (Å²) in [5, 5.41) is 0. The molecule has 88 valence electrons. The number of hydrogen-bond donors (Lipinski definition) is 1. The van der Waals surface area contributed by atoms with Gasteiger partial charge in [-0.15, -0.1) is 12.6 Å². The van der Waals surface area contributed by atoms with E-state index in [4.69, 9.17) is 0 Å². The molecule has 1 rings (SSSR count). The largest absolute Gasteiger partial charge is 0.339 e. The molecule has 2 nitrogen and oxygen atoms in total. The Balaban J connectivity index is 2.98. The van der Waals surface area contributed by atoms with Crippen molar-refractivity contribution in [1.82, 2.24) is 4.90 Å². The van der Waals surface area contributed by atoms with Crippen LogP contribution in [0.1, 0.15) is 30.6 Å². The average Bonchev–Trinajstić information content (AvgIpc) is 2.28. The van der Waals surface area contributed by atoms with Crippen LogP contribution in [0.5, 0.6) is 0 Å². The molecule has 0 saturated heterocycles. The van der Waals surface area contributed by atoms with E-state index in [0.717, 1.165) is 6.42 Å². The van der Waals surface area contributed by atoms with Gasteiger partial charge in [0.2, 0.25) is 0 Å². The summed E-state index contributed by atoms with van der Waals surface area (Å²) in [4.78, 5) is 14.2. The van der Waals surface area contributed by atoms with Crippen LogP contribution in [0.25, 0.3) is 0 Å². The molecule has 0 bridgehead atoms. The molecule has 0 aliphatic carbocycles. The highest BCUT2D eigenvalue weighted by atomic mass is 32.1. The molecular formula is C12H16FNOS. The predicted octanol–water partition coefficient (Wildman–Crippen LogP) is 2.99. The van der Waals surface area contributed by atoms with E-state index in [1.54, 1.807) is 4.90 Å². The van der Waals surface area contributed by atoms with Crippen molar-refractivity contribution < 1.29 is 9.18 Å². The number of amides is 1. The van der Waals surface area contributed by atoms with Crippen LogP contribution in [0.3, 0.4) is 0 Å². The van der Waals surface area contributed by atoms with E-state index in [1.807, 2.05) is 13.8 Å². The quantitative estimate of drug-likeness (QED) is 0.803. The van der Waals surface area contributed by atoms with Gasteiger partial charge in [0.25, 0.3) is 5.91 Å². The number of hydrogen-bond acceptors (Lipinski definition) is 2. The topological polar surface area (TPSA) is 20.3 Å². The van der Waals surface area contributed by atoms with Crippen molar-refractivity contribution in [1.29, 1.82) is 0 Å². The lowest BCUT2D eigenvalue weighted by Gasteiger charge is -2.20. The Morgan fingerprint density at radius 2 is 2.12 bits per heavy atom. The average molecular weight is 241 g/mol. The summed E-state index contributed by atoms with van der Waals surface area (Å²) in [6, 6.07) is 4.28. The Hall–Kier alpha value is -1.03. The number of carbonyl (C=O) groups is 1. The van der Waals surface area contributed by atoms with E-state index in [-0.39, 0.29) is 11.5 Å². The number of benzene rings is 1. The van der Waals surface area contributed by atoms with Crippen molar-refractivity contribution in [2.24, 2.45) is 0 Å². The Bertz CT molecular complexity index is 381. The molecule has 0 aliphatic rings. The molecule has 0 unspecified atom stereocenters. The minimum Gasteiger partial charge on any atom is -0.339 e. The lowest BCUT2D eigenvalue weighted by Crippen LogP contribution is -2.32. The lowest BCUT2D eigenvalue weighted by molar-refractivity contribution is 0.0759. The van der Waals surface area contributed by atoms with Gasteiger partial charge in [-0.2, -0.15) is 0 Å². The summed E-state index contributed by atoms with van der Waals surface area (Å²) in [5.41, 5.74) is 0.0998. The Morgan fingerprint density at radius 3 is 2.69 bits per heavy atom. The van der Waals surface area contributed by atoms with Gasteiger partial charge < -0.3 is 4.90 Å². The van der Waals surface area contributed by atoms with Crippen molar-refractivity contribution in [3.8, 4) is 0 Å². The summed E-state index contributed by atoms with van der Waals surface area (Å²) < 4.78 is 13.5. The van der Waals surface area contributed by atoms with E-state index in [2.05, 4.69) is 12.6 Å². The molecule has 1 amide bonds. The molecule has 0 aliphatic heterocycles. The SMILES string of the molecule is CCCN(CC)C(=O)c1cc(S)ccc1F. The molecule has 1 aromatic carbocycles. The minimum atomic E-state index is -0.489. The van der Waals surface area contributed by atoms with Gasteiger partial charge in [0.15, 0.2) is 0 Å². The van der Waals surface area contributed by atoms with Crippen LogP contribution < -0.4 is 0 Å². The van der Waals surface area contributed by atoms with Crippen molar-refractivity contribution in [2.45, 2.75) is 25.2 Å². The maximum atomic E-state index is 13.5. The van der Waals surface area contributed by atoms with E-state index < -0.39 is 5.82 Å². The third-order valence-corrected chi connectivity index (χ3v) is 2.62. The van der Waals surface area contributed by atoms with Crippen LogP contribution in [0.15, 0.2) is 23.1 Å². The molecule has 1 aromatic rings. The zero-order chi connectivity index (χ0) is 12.1. The number of thiol groups is 1. The number of carbonyl (C=O) groups excluding carboxylic acids is 1. The second kappa shape index (κ2) is 5.89. The van der Waals surface area contributed by atoms with E-state index in [0.29, 0.717) is 18.0 Å². The molecule has 4 heteroatoms. The van der Waals surface area contributed by atoms with Crippen molar-refractivity contribution in [2.75, 3.05) is 13.1 Å². The van der Waals surface area contributed by atoms with Gasteiger partial charge in [-0.25, -0.2) is 4.39 Å². The van der Waals surface area contributed by atoms with Gasteiger partial charge in [0, 0.05) is 18.0 Å². The molecular weight excluding hydrogens is 225 g/mol. The zero-order valence-corrected chi connectivity index (χ0v) is 10.4. The first-order valence-corrected chi connectivity index (χ1v) is 5.82. The summed E-state index contributed by atoms with van der Waals surface area (Å²) in [6.45, 7) is 5.10. The number of rotatable bonds is 4. The van der Waals surface area contributed by atoms with Gasteiger partial charge in [-0.3, -0.25) is 4.79 Å². The van der Waals surface area contributed by atoms with E-state index in [9.17, 15) is 9.18 Å². The highest BCUT2D eigenvalue weighted by molar-refractivity contribution is 7.80. The molecule has 0 radical (unpaired) electrons. The highest BCUT2D eigenvalue weighted by Crippen LogP contribution is 2.15. The highest BCUT2D eigenvalue weighted by Gasteiger charge is 2.17. The van der Waals surface area contributed by atoms with Gasteiger partial charge in [-0.05, 0) is 31.5 Å². The summed E-state index contributed by atoms with van der Waals surface area (Å²) in [7, 11) is 0. The van der Waals surface area contributed by atoms with Crippen molar-refractivity contribution >= 4 is 18.5 Å². The fourth-order valence-electron chi connectivity index (χ4n) is 1.52. The second-order valence-corrected chi connectivity index (χ2v) is 4.07. The number of nitrogens with zero attached hydrogens (tertiary/aromatic N) is 1. The molecule has 0 N–H and O–H groups in total. The molecule has 16 heavy (non-hydrogen) atoms. The maximum absolute atomic E-state index is 13.5. The Morgan fingerprint density at radius 1 is 1.44 bits per heavy atom. The first kappa shape index (κ1) is 13.0. The predicted molar refractivity (Wildman–Crippen MR) is 65.5 cm³/mol. The van der Waals surface area contributed by atoms with Crippen LogP contribution in [-0.2, 0) is 0 Å². The fourth-order valence-corrected chi connectivity index (χ4v) is 1.72. The van der Waals surface area contributed by atoms with E-state index in [1.165, 1.54) is 18.2 Å². The summed E-state index contributed by atoms with van der Waals surface area (Å²) in [6.07, 6.45) is 0.863. The molecule has 0 atom stereocenters. The molecule has 0 fully saturated rings. The third-order valence-electron chi connectivity index (χ3n) is 2.34. The van der Waals surface area contributed by atoms with Gasteiger partial charge in [0.05, 0.1) is 5.56 Å². The van der Waals surface area contributed by atoms with Gasteiger partial charge >= 0.3 is 0 Å². The molecule has 0 aromatic heterocycles. The smallest absolute Gasteiger partial charge is 0.256 e. The fraction of sp³-hybridized carbons (Fsp3) is 0.417. The first-order valence-electron chi connectivity index (χ1n) is 5.38. The van der Waals surface area contributed by atoms with Crippen LogP contribution in [0.2, 0.25) is 0 Å². The monoisotopic (exact) mass is 241 g/mol. The second-order valence-electron chi connectivity index (χ2n) is 3.55. The van der Waals surface area contributed by atoms with E-state index >= 15 is 0 Å². The van der Waals surface area contributed by atoms with Crippen LogP contribution in [-0.4, -0.2) is 23.9 Å². The van der Waals surface area contributed by atoms with Crippen LogP contribution >= 0.6 is 12.6 Å². The molecule has 0 heterocycles. The standard InChI is InChI=1S/C12H16FNOS/c1-3-7-14(4-2)12(15)10-8-9(16)5-6-11(10)13/h5-6,8,16H,3-4,7H2,1-2H3.